The highest BCUT2D eigenvalue weighted by molar-refractivity contribution is 9.10. The third-order valence-electron chi connectivity index (χ3n) is 1.01. The van der Waals surface area contributed by atoms with Crippen LogP contribution in [0.2, 0.25) is 0 Å². The van der Waals surface area contributed by atoms with Gasteiger partial charge in [-0.25, -0.2) is 4.79 Å². The van der Waals surface area contributed by atoms with Crippen LogP contribution in [0.1, 0.15) is 10.6 Å². The molecule has 0 bridgehead atoms. The third kappa shape index (κ3) is 1.02. The van der Waals surface area contributed by atoms with Crippen molar-refractivity contribution in [3.63, 3.8) is 0 Å². The lowest BCUT2D eigenvalue weighted by Crippen LogP contribution is -2.05. The van der Waals surface area contributed by atoms with Gasteiger partial charge < -0.3 is 5.11 Å². The molecule has 1 aromatic heterocycles. The van der Waals surface area contributed by atoms with Crippen molar-refractivity contribution in [1.82, 2.24) is 14.8 Å². The second-order valence-corrected chi connectivity index (χ2v) is 2.37. The Morgan fingerprint density at radius 3 is 2.50 bits per heavy atom. The number of aromatic nitrogens is 3. The van der Waals surface area contributed by atoms with Crippen molar-refractivity contribution in [2.75, 3.05) is 0 Å². The van der Waals surface area contributed by atoms with E-state index in [2.05, 4.69) is 26.1 Å². The molecule has 0 amide bonds. The molecule has 0 radical (unpaired) electrons. The summed E-state index contributed by atoms with van der Waals surface area (Å²) >= 11 is 3.01. The Labute approximate surface area is 64.8 Å². The van der Waals surface area contributed by atoms with Gasteiger partial charge in [0.15, 0.2) is 4.73 Å². The summed E-state index contributed by atoms with van der Waals surface area (Å²) < 4.78 is 1.74. The van der Waals surface area contributed by atoms with Gasteiger partial charge in [0.1, 0.15) is 0 Å². The first kappa shape index (κ1) is 7.20. The number of carboxylic acids is 1. The Bertz CT molecular complexity index is 269. The quantitative estimate of drug-likeness (QED) is 0.716. The molecule has 0 unspecified atom stereocenters. The van der Waals surface area contributed by atoms with Crippen LogP contribution in [-0.2, 0) is 7.05 Å². The predicted molar refractivity (Wildman–Crippen MR) is 35.7 cm³/mol. The van der Waals surface area contributed by atoms with Gasteiger partial charge in [0.2, 0.25) is 5.82 Å². The second kappa shape index (κ2) is 2.37. The van der Waals surface area contributed by atoms with E-state index < -0.39 is 5.97 Å². The highest BCUT2D eigenvalue weighted by atomic mass is 79.9. The summed E-state index contributed by atoms with van der Waals surface area (Å²) in [5, 5.41) is 15.3. The Kier molecular flexibility index (Phi) is 1.71. The van der Waals surface area contributed by atoms with Crippen molar-refractivity contribution in [3.05, 3.63) is 10.6 Å². The molecule has 0 aliphatic heterocycles. The van der Waals surface area contributed by atoms with E-state index >= 15 is 0 Å². The van der Waals surface area contributed by atoms with E-state index in [-0.39, 0.29) is 5.82 Å². The van der Waals surface area contributed by atoms with Gasteiger partial charge in [0.05, 0.1) is 0 Å². The van der Waals surface area contributed by atoms with Crippen LogP contribution in [0.3, 0.4) is 0 Å². The van der Waals surface area contributed by atoms with Crippen LogP contribution in [0.25, 0.3) is 0 Å². The average molecular weight is 206 g/mol. The van der Waals surface area contributed by atoms with E-state index in [9.17, 15) is 4.79 Å². The summed E-state index contributed by atoms with van der Waals surface area (Å²) in [5.41, 5.74) is 0. The molecule has 0 fully saturated rings. The zero-order valence-corrected chi connectivity index (χ0v) is 6.66. The molecule has 10 heavy (non-hydrogen) atoms. The van der Waals surface area contributed by atoms with Crippen LogP contribution in [0, 0.1) is 0 Å². The van der Waals surface area contributed by atoms with E-state index in [1.807, 2.05) is 0 Å². The van der Waals surface area contributed by atoms with Crippen molar-refractivity contribution in [3.8, 4) is 0 Å². The van der Waals surface area contributed by atoms with Gasteiger partial charge in [-0.1, -0.05) is 0 Å². The minimum atomic E-state index is -1.08. The largest absolute Gasteiger partial charge is 0.475 e. The normalized spacial score (nSPS) is 9.80. The SMILES string of the molecule is Cn1c(Br)nnc1C(=O)O. The second-order valence-electron chi connectivity index (χ2n) is 1.66. The van der Waals surface area contributed by atoms with Crippen LogP contribution in [-0.4, -0.2) is 25.8 Å². The molecule has 0 saturated heterocycles. The van der Waals surface area contributed by atoms with Crippen molar-refractivity contribution in [2.24, 2.45) is 7.05 Å². The molecule has 0 atom stereocenters. The number of hydrogen-bond acceptors (Lipinski definition) is 3. The Morgan fingerprint density at radius 2 is 2.30 bits per heavy atom. The van der Waals surface area contributed by atoms with Gasteiger partial charge in [-0.05, 0) is 15.9 Å². The highest BCUT2D eigenvalue weighted by Crippen LogP contribution is 2.05. The maximum Gasteiger partial charge on any atom is 0.374 e. The maximum absolute atomic E-state index is 10.3. The van der Waals surface area contributed by atoms with Gasteiger partial charge in [0.25, 0.3) is 0 Å². The molecule has 1 heterocycles. The molecule has 54 valence electrons. The summed E-state index contributed by atoms with van der Waals surface area (Å²) in [4.78, 5) is 10.3. The van der Waals surface area contributed by atoms with Crippen molar-refractivity contribution in [2.45, 2.75) is 0 Å². The summed E-state index contributed by atoms with van der Waals surface area (Å²) in [6, 6.07) is 0. The molecular formula is C4H4BrN3O2. The summed E-state index contributed by atoms with van der Waals surface area (Å²) in [5.74, 6) is -1.16. The van der Waals surface area contributed by atoms with Gasteiger partial charge in [-0.3, -0.25) is 4.57 Å². The number of carboxylic acid groups (broad SMARTS) is 1. The van der Waals surface area contributed by atoms with Crippen molar-refractivity contribution < 1.29 is 9.90 Å². The van der Waals surface area contributed by atoms with Gasteiger partial charge in [-0.15, -0.1) is 10.2 Å². The first-order valence-corrected chi connectivity index (χ1v) is 3.20. The lowest BCUT2D eigenvalue weighted by Gasteiger charge is -1.91. The number of halogens is 1. The van der Waals surface area contributed by atoms with E-state index in [4.69, 9.17) is 5.11 Å². The zero-order valence-electron chi connectivity index (χ0n) is 5.08. The molecule has 0 saturated carbocycles. The van der Waals surface area contributed by atoms with Gasteiger partial charge in [0, 0.05) is 7.05 Å². The lowest BCUT2D eigenvalue weighted by molar-refractivity contribution is 0.0679. The fourth-order valence-corrected chi connectivity index (χ4v) is 0.744. The van der Waals surface area contributed by atoms with Crippen LogP contribution in [0.4, 0.5) is 0 Å². The fourth-order valence-electron chi connectivity index (χ4n) is 0.496. The Balaban J connectivity index is 3.17. The van der Waals surface area contributed by atoms with Crippen LogP contribution in [0.5, 0.6) is 0 Å². The van der Waals surface area contributed by atoms with Crippen LogP contribution < -0.4 is 0 Å². The van der Waals surface area contributed by atoms with E-state index in [1.54, 1.807) is 7.05 Å². The molecule has 0 aromatic carbocycles. The summed E-state index contributed by atoms with van der Waals surface area (Å²) in [6.07, 6.45) is 0. The lowest BCUT2D eigenvalue weighted by atomic mass is 10.6. The summed E-state index contributed by atoms with van der Waals surface area (Å²) in [7, 11) is 1.56. The first-order valence-electron chi connectivity index (χ1n) is 2.41. The standard InChI is InChI=1S/C4H4BrN3O2/c1-8-2(3(9)10)6-7-4(8)5/h1H3,(H,9,10). The smallest absolute Gasteiger partial charge is 0.374 e. The molecule has 1 rings (SSSR count). The molecule has 0 aliphatic carbocycles. The predicted octanol–water partition coefficient (Wildman–Crippen LogP) is 0.276. The molecule has 1 N–H and O–H groups in total. The zero-order chi connectivity index (χ0) is 7.72. The maximum atomic E-state index is 10.3. The molecule has 0 aliphatic rings. The molecule has 1 aromatic rings. The van der Waals surface area contributed by atoms with E-state index in [0.717, 1.165) is 0 Å². The molecular weight excluding hydrogens is 202 g/mol. The molecule has 6 heteroatoms. The number of hydrogen-bond donors (Lipinski definition) is 1. The molecule has 0 spiro atoms. The molecule has 5 nitrogen and oxygen atoms in total. The minimum absolute atomic E-state index is 0.0770. The minimum Gasteiger partial charge on any atom is -0.475 e. The van der Waals surface area contributed by atoms with Crippen LogP contribution in [0.15, 0.2) is 4.73 Å². The number of nitrogens with zero attached hydrogens (tertiary/aromatic N) is 3. The number of carbonyl (C=O) groups is 1. The van der Waals surface area contributed by atoms with Gasteiger partial charge in [-0.2, -0.15) is 0 Å². The summed E-state index contributed by atoms with van der Waals surface area (Å²) in [6.45, 7) is 0. The average Bonchev–Trinajstić information content (AvgIpc) is 2.14. The monoisotopic (exact) mass is 205 g/mol. The van der Waals surface area contributed by atoms with Crippen molar-refractivity contribution >= 4 is 21.9 Å². The van der Waals surface area contributed by atoms with E-state index in [1.165, 1.54) is 4.57 Å². The van der Waals surface area contributed by atoms with Crippen LogP contribution >= 0.6 is 15.9 Å². The van der Waals surface area contributed by atoms with E-state index in [0.29, 0.717) is 4.73 Å². The highest BCUT2D eigenvalue weighted by Gasteiger charge is 2.11. The number of rotatable bonds is 1. The Morgan fingerprint density at radius 1 is 1.70 bits per heavy atom. The third-order valence-corrected chi connectivity index (χ3v) is 1.70. The topological polar surface area (TPSA) is 68.0 Å². The first-order chi connectivity index (χ1) is 4.63. The van der Waals surface area contributed by atoms with Gasteiger partial charge >= 0.3 is 5.97 Å². The van der Waals surface area contributed by atoms with Crippen molar-refractivity contribution in [1.29, 1.82) is 0 Å². The number of aromatic carboxylic acids is 1. The Hall–Kier alpha value is -0.910. The fraction of sp³-hybridized carbons (Fsp3) is 0.250.